The zero-order chi connectivity index (χ0) is 33.7. The van der Waals surface area contributed by atoms with Gasteiger partial charge in [-0.25, -0.2) is 0 Å². The SMILES string of the molecule is CC(=O)OC[C@H]1O[C@H](OC(C)=O)C(OC(C)=O)[C@H]1OC(C)=O.CC(=O)OC[C@H]1O[C@H](OC(C)=O)C(OC(C)=O)[C@H]1OC(C)=O. The highest BCUT2D eigenvalue weighted by Crippen LogP contribution is 2.29. The summed E-state index contributed by atoms with van der Waals surface area (Å²) in [6.45, 7) is 8.81. The summed E-state index contributed by atoms with van der Waals surface area (Å²) in [7, 11) is 0. The first-order valence-corrected chi connectivity index (χ1v) is 13.0. The van der Waals surface area contributed by atoms with Crippen molar-refractivity contribution in [3.8, 4) is 0 Å². The molecule has 2 heterocycles. The van der Waals surface area contributed by atoms with E-state index in [1.54, 1.807) is 0 Å². The molecule has 18 nitrogen and oxygen atoms in total. The monoisotopic (exact) mass is 636 g/mol. The van der Waals surface area contributed by atoms with Crippen LogP contribution in [-0.4, -0.2) is 110 Å². The fourth-order valence-corrected chi connectivity index (χ4v) is 3.87. The highest BCUT2D eigenvalue weighted by atomic mass is 16.8. The maximum atomic E-state index is 11.2. The van der Waals surface area contributed by atoms with Gasteiger partial charge in [0.25, 0.3) is 0 Å². The zero-order valence-corrected chi connectivity index (χ0v) is 25.4. The molecule has 8 atom stereocenters. The molecule has 0 bridgehead atoms. The maximum absolute atomic E-state index is 11.2. The van der Waals surface area contributed by atoms with Crippen LogP contribution in [0.5, 0.6) is 0 Å². The molecule has 2 aliphatic rings. The molecular weight excluding hydrogens is 600 g/mol. The number of hydrogen-bond donors (Lipinski definition) is 0. The molecule has 2 unspecified atom stereocenters. The Bertz CT molecular complexity index is 1000. The number of carbonyl (C=O) groups is 8. The highest BCUT2D eigenvalue weighted by Gasteiger charge is 2.52. The van der Waals surface area contributed by atoms with E-state index in [0.717, 1.165) is 41.5 Å². The zero-order valence-electron chi connectivity index (χ0n) is 25.4. The minimum absolute atomic E-state index is 0.247. The average Bonchev–Trinajstić information content (AvgIpc) is 3.31. The lowest BCUT2D eigenvalue weighted by Crippen LogP contribution is -2.42. The third kappa shape index (κ3) is 13.3. The largest absolute Gasteiger partial charge is 0.463 e. The Labute approximate surface area is 251 Å². The summed E-state index contributed by atoms with van der Waals surface area (Å²) in [6.07, 6.45) is -8.80. The molecule has 0 saturated carbocycles. The molecule has 2 fully saturated rings. The lowest BCUT2D eigenvalue weighted by atomic mass is 10.1. The van der Waals surface area contributed by atoms with Crippen LogP contribution in [-0.2, 0) is 85.7 Å². The number of carbonyl (C=O) groups excluding carboxylic acids is 8. The predicted octanol–water partition coefficient (Wildman–Crippen LogP) is -0.598. The Hall–Kier alpha value is -4.32. The van der Waals surface area contributed by atoms with E-state index in [9.17, 15) is 38.4 Å². The van der Waals surface area contributed by atoms with Gasteiger partial charge in [-0.1, -0.05) is 0 Å². The molecule has 0 aromatic rings. The lowest BCUT2D eigenvalue weighted by molar-refractivity contribution is -0.197. The van der Waals surface area contributed by atoms with Gasteiger partial charge in [0.15, 0.2) is 12.2 Å². The maximum Gasteiger partial charge on any atom is 0.305 e. The quantitative estimate of drug-likeness (QED) is 0.215. The molecule has 0 radical (unpaired) electrons. The second kappa shape index (κ2) is 17.7. The molecule has 2 aliphatic heterocycles. The summed E-state index contributed by atoms with van der Waals surface area (Å²) in [5.74, 6) is -5.11. The van der Waals surface area contributed by atoms with Crippen LogP contribution in [0.3, 0.4) is 0 Å². The van der Waals surface area contributed by atoms with Gasteiger partial charge in [0.2, 0.25) is 24.8 Å². The van der Waals surface area contributed by atoms with E-state index < -0.39 is 97.0 Å². The fourth-order valence-electron chi connectivity index (χ4n) is 3.87. The lowest BCUT2D eigenvalue weighted by Gasteiger charge is -2.22. The minimum atomic E-state index is -1.26. The molecule has 248 valence electrons. The molecule has 0 aromatic heterocycles. The Morgan fingerprint density at radius 2 is 0.636 bits per heavy atom. The highest BCUT2D eigenvalue weighted by molar-refractivity contribution is 5.69. The molecule has 18 heteroatoms. The summed E-state index contributed by atoms with van der Waals surface area (Å²) in [5.41, 5.74) is 0. The summed E-state index contributed by atoms with van der Waals surface area (Å²) >= 11 is 0. The Morgan fingerprint density at radius 1 is 0.386 bits per heavy atom. The van der Waals surface area contributed by atoms with Gasteiger partial charge in [0.05, 0.1) is 0 Å². The van der Waals surface area contributed by atoms with E-state index in [-0.39, 0.29) is 13.2 Å². The smallest absolute Gasteiger partial charge is 0.305 e. The van der Waals surface area contributed by atoms with Crippen LogP contribution >= 0.6 is 0 Å². The molecule has 0 amide bonds. The van der Waals surface area contributed by atoms with Crippen molar-refractivity contribution in [1.82, 2.24) is 0 Å². The van der Waals surface area contributed by atoms with Crippen LogP contribution in [0, 0.1) is 0 Å². The van der Waals surface area contributed by atoms with Gasteiger partial charge in [-0.3, -0.25) is 38.4 Å². The van der Waals surface area contributed by atoms with Crippen molar-refractivity contribution in [3.63, 3.8) is 0 Å². The summed E-state index contributed by atoms with van der Waals surface area (Å²) in [4.78, 5) is 88.8. The number of ether oxygens (including phenoxy) is 10. The van der Waals surface area contributed by atoms with Crippen molar-refractivity contribution < 1.29 is 85.7 Å². The summed E-state index contributed by atoms with van der Waals surface area (Å²) < 4.78 is 50.3. The molecule has 0 aromatic carbocycles. The Kier molecular flexibility index (Phi) is 15.2. The van der Waals surface area contributed by atoms with Crippen molar-refractivity contribution in [2.75, 3.05) is 13.2 Å². The number of hydrogen-bond acceptors (Lipinski definition) is 18. The molecule has 2 rings (SSSR count). The number of esters is 8. The second-order valence-electron chi connectivity index (χ2n) is 9.21. The van der Waals surface area contributed by atoms with Gasteiger partial charge in [0.1, 0.15) is 25.4 Å². The van der Waals surface area contributed by atoms with Crippen LogP contribution in [0.1, 0.15) is 55.4 Å². The normalized spacial score (nSPS) is 26.9. The Morgan fingerprint density at radius 3 is 0.864 bits per heavy atom. The first-order chi connectivity index (χ1) is 20.4. The van der Waals surface area contributed by atoms with Gasteiger partial charge in [-0.15, -0.1) is 0 Å². The first kappa shape index (κ1) is 37.7. The minimum Gasteiger partial charge on any atom is -0.463 e. The molecule has 44 heavy (non-hydrogen) atoms. The standard InChI is InChI=1S/2C13H18O9/c2*1-6(14)18-5-10-11(19-7(2)15)12(20-8(3)16)13(22-10)21-9(4)17/h2*10-13H,5H2,1-4H3/t2*10-,11+,12?,13+/m11/s1. The van der Waals surface area contributed by atoms with Gasteiger partial charge in [0, 0.05) is 55.4 Å². The van der Waals surface area contributed by atoms with Gasteiger partial charge in [-0.05, 0) is 0 Å². The molecular formula is C26H36O18. The van der Waals surface area contributed by atoms with E-state index in [0.29, 0.717) is 0 Å². The summed E-state index contributed by atoms with van der Waals surface area (Å²) in [5, 5.41) is 0. The molecule has 2 saturated heterocycles. The van der Waals surface area contributed by atoms with Crippen molar-refractivity contribution >= 4 is 47.8 Å². The van der Waals surface area contributed by atoms with Gasteiger partial charge >= 0.3 is 47.8 Å². The Balaban J connectivity index is 0.000000440. The predicted molar refractivity (Wildman–Crippen MR) is 136 cm³/mol. The van der Waals surface area contributed by atoms with Crippen LogP contribution < -0.4 is 0 Å². The first-order valence-electron chi connectivity index (χ1n) is 13.0. The van der Waals surface area contributed by atoms with Crippen LogP contribution in [0.25, 0.3) is 0 Å². The van der Waals surface area contributed by atoms with E-state index in [4.69, 9.17) is 47.4 Å². The molecule has 0 spiro atoms. The number of rotatable bonds is 10. The summed E-state index contributed by atoms with van der Waals surface area (Å²) in [6, 6.07) is 0. The molecule has 0 aliphatic carbocycles. The van der Waals surface area contributed by atoms with E-state index in [2.05, 4.69) is 0 Å². The van der Waals surface area contributed by atoms with Crippen LogP contribution in [0.4, 0.5) is 0 Å². The molecule has 0 N–H and O–H groups in total. The van der Waals surface area contributed by atoms with Crippen LogP contribution in [0.2, 0.25) is 0 Å². The van der Waals surface area contributed by atoms with Crippen LogP contribution in [0.15, 0.2) is 0 Å². The second-order valence-corrected chi connectivity index (χ2v) is 9.21. The van der Waals surface area contributed by atoms with Crippen molar-refractivity contribution in [1.29, 1.82) is 0 Å². The van der Waals surface area contributed by atoms with Gasteiger partial charge < -0.3 is 47.4 Å². The van der Waals surface area contributed by atoms with Gasteiger partial charge in [-0.2, -0.15) is 0 Å². The van der Waals surface area contributed by atoms with E-state index in [1.807, 2.05) is 0 Å². The van der Waals surface area contributed by atoms with Crippen molar-refractivity contribution in [2.24, 2.45) is 0 Å². The van der Waals surface area contributed by atoms with E-state index >= 15 is 0 Å². The average molecular weight is 637 g/mol. The van der Waals surface area contributed by atoms with Crippen molar-refractivity contribution in [2.45, 2.75) is 105 Å². The van der Waals surface area contributed by atoms with Crippen molar-refractivity contribution in [3.05, 3.63) is 0 Å². The fraction of sp³-hybridized carbons (Fsp3) is 0.692. The topological polar surface area (TPSA) is 229 Å². The third-order valence-corrected chi connectivity index (χ3v) is 5.21. The third-order valence-electron chi connectivity index (χ3n) is 5.21. The van der Waals surface area contributed by atoms with E-state index in [1.165, 1.54) is 13.8 Å².